The van der Waals surface area contributed by atoms with Gasteiger partial charge in [-0.1, -0.05) is 12.1 Å². The van der Waals surface area contributed by atoms with Crippen LogP contribution in [0.4, 0.5) is 0 Å². The number of benzene rings is 1. The highest BCUT2D eigenvalue weighted by Gasteiger charge is 2.03. The molecule has 0 aliphatic rings. The lowest BCUT2D eigenvalue weighted by Gasteiger charge is -2.05. The molecule has 0 aliphatic carbocycles. The molecule has 0 fully saturated rings. The van der Waals surface area contributed by atoms with Crippen molar-refractivity contribution in [2.45, 2.75) is 19.9 Å². The standard InChI is InChI=1S/C12H17N5O/c1-2-18-11-5-3-4-10(8-11)9-17-15-12(6-7-13)14-16-17/h3-5,8H,2,6-7,9,13H2,1H3. The van der Waals surface area contributed by atoms with Gasteiger partial charge in [0.05, 0.1) is 13.2 Å². The molecule has 0 saturated carbocycles. The second-order valence-electron chi connectivity index (χ2n) is 3.86. The molecule has 2 N–H and O–H groups in total. The van der Waals surface area contributed by atoms with E-state index in [1.165, 1.54) is 0 Å². The third-order valence-electron chi connectivity index (χ3n) is 2.40. The highest BCUT2D eigenvalue weighted by atomic mass is 16.5. The zero-order valence-corrected chi connectivity index (χ0v) is 10.4. The Labute approximate surface area is 106 Å². The molecule has 1 heterocycles. The molecule has 6 heteroatoms. The topological polar surface area (TPSA) is 78.8 Å². The fourth-order valence-corrected chi connectivity index (χ4v) is 1.64. The van der Waals surface area contributed by atoms with Gasteiger partial charge in [-0.25, -0.2) is 0 Å². The number of rotatable bonds is 6. The maximum atomic E-state index is 5.45. The lowest BCUT2D eigenvalue weighted by Crippen LogP contribution is -2.06. The average molecular weight is 247 g/mol. The quantitative estimate of drug-likeness (QED) is 0.809. The molecule has 0 atom stereocenters. The summed E-state index contributed by atoms with van der Waals surface area (Å²) in [5.41, 5.74) is 6.52. The van der Waals surface area contributed by atoms with Crippen molar-refractivity contribution in [1.29, 1.82) is 0 Å². The summed E-state index contributed by atoms with van der Waals surface area (Å²) in [5.74, 6) is 1.54. The molecule has 0 unspecified atom stereocenters. The van der Waals surface area contributed by atoms with E-state index in [-0.39, 0.29) is 0 Å². The maximum absolute atomic E-state index is 5.45. The van der Waals surface area contributed by atoms with Gasteiger partial charge in [0, 0.05) is 6.42 Å². The van der Waals surface area contributed by atoms with Gasteiger partial charge in [-0.05, 0) is 36.4 Å². The summed E-state index contributed by atoms with van der Waals surface area (Å²) in [6, 6.07) is 7.88. The average Bonchev–Trinajstić information content (AvgIpc) is 2.78. The minimum Gasteiger partial charge on any atom is -0.494 e. The predicted molar refractivity (Wildman–Crippen MR) is 67.3 cm³/mol. The molecule has 1 aromatic heterocycles. The molecule has 0 amide bonds. The van der Waals surface area contributed by atoms with Crippen LogP contribution in [0.3, 0.4) is 0 Å². The van der Waals surface area contributed by atoms with Crippen LogP contribution in [0.1, 0.15) is 18.3 Å². The van der Waals surface area contributed by atoms with Gasteiger partial charge in [0.25, 0.3) is 0 Å². The van der Waals surface area contributed by atoms with Crippen LogP contribution >= 0.6 is 0 Å². The van der Waals surface area contributed by atoms with Crippen LogP contribution < -0.4 is 10.5 Å². The molecular weight excluding hydrogens is 230 g/mol. The Bertz CT molecular complexity index is 497. The number of ether oxygens (including phenoxy) is 1. The largest absolute Gasteiger partial charge is 0.494 e. The van der Waals surface area contributed by atoms with Crippen LogP contribution in [0, 0.1) is 0 Å². The third kappa shape index (κ3) is 3.27. The van der Waals surface area contributed by atoms with E-state index >= 15 is 0 Å². The number of aromatic nitrogens is 4. The molecule has 0 spiro atoms. The Balaban J connectivity index is 2.05. The Kier molecular flexibility index (Phi) is 4.25. The number of nitrogens with two attached hydrogens (primary N) is 1. The Morgan fingerprint density at radius 3 is 3.06 bits per heavy atom. The van der Waals surface area contributed by atoms with Gasteiger partial charge in [0.1, 0.15) is 5.75 Å². The second kappa shape index (κ2) is 6.11. The van der Waals surface area contributed by atoms with Crippen LogP contribution in [-0.4, -0.2) is 33.4 Å². The van der Waals surface area contributed by atoms with Gasteiger partial charge < -0.3 is 10.5 Å². The van der Waals surface area contributed by atoms with E-state index in [9.17, 15) is 0 Å². The normalized spacial score (nSPS) is 10.6. The van der Waals surface area contributed by atoms with E-state index in [2.05, 4.69) is 15.4 Å². The summed E-state index contributed by atoms with van der Waals surface area (Å²) >= 11 is 0. The van der Waals surface area contributed by atoms with E-state index in [0.717, 1.165) is 11.3 Å². The second-order valence-corrected chi connectivity index (χ2v) is 3.86. The Hall–Kier alpha value is -1.95. The molecule has 96 valence electrons. The van der Waals surface area contributed by atoms with Gasteiger partial charge in [-0.15, -0.1) is 10.2 Å². The SMILES string of the molecule is CCOc1cccc(Cn2nnc(CCN)n2)c1. The first-order valence-corrected chi connectivity index (χ1v) is 6.00. The highest BCUT2D eigenvalue weighted by molar-refractivity contribution is 5.28. The van der Waals surface area contributed by atoms with Crippen LogP contribution in [0.15, 0.2) is 24.3 Å². The lowest BCUT2D eigenvalue weighted by atomic mass is 10.2. The monoisotopic (exact) mass is 247 g/mol. The van der Waals surface area contributed by atoms with Crippen molar-refractivity contribution in [2.75, 3.05) is 13.2 Å². The fourth-order valence-electron chi connectivity index (χ4n) is 1.64. The molecule has 2 rings (SSSR count). The van der Waals surface area contributed by atoms with Gasteiger partial charge >= 0.3 is 0 Å². The molecule has 18 heavy (non-hydrogen) atoms. The summed E-state index contributed by atoms with van der Waals surface area (Å²) < 4.78 is 5.45. The first-order valence-electron chi connectivity index (χ1n) is 6.00. The van der Waals surface area contributed by atoms with Crippen molar-refractivity contribution in [3.63, 3.8) is 0 Å². The number of hydrogen-bond donors (Lipinski definition) is 1. The zero-order valence-electron chi connectivity index (χ0n) is 10.4. The van der Waals surface area contributed by atoms with E-state index in [1.54, 1.807) is 4.80 Å². The summed E-state index contributed by atoms with van der Waals surface area (Å²) in [6.07, 6.45) is 0.652. The van der Waals surface area contributed by atoms with Gasteiger partial charge in [-0.2, -0.15) is 4.80 Å². The van der Waals surface area contributed by atoms with E-state index in [4.69, 9.17) is 10.5 Å². The molecular formula is C12H17N5O. The number of tetrazole rings is 1. The summed E-state index contributed by atoms with van der Waals surface area (Å²) in [4.78, 5) is 1.57. The fraction of sp³-hybridized carbons (Fsp3) is 0.417. The summed E-state index contributed by atoms with van der Waals surface area (Å²) in [7, 11) is 0. The molecule has 0 bridgehead atoms. The van der Waals surface area contributed by atoms with Gasteiger partial charge in [0.15, 0.2) is 5.82 Å². The van der Waals surface area contributed by atoms with Crippen molar-refractivity contribution in [3.05, 3.63) is 35.7 Å². The first-order chi connectivity index (χ1) is 8.81. The molecule has 0 radical (unpaired) electrons. The molecule has 6 nitrogen and oxygen atoms in total. The number of nitrogens with zero attached hydrogens (tertiary/aromatic N) is 4. The van der Waals surface area contributed by atoms with Crippen LogP contribution in [0.2, 0.25) is 0 Å². The smallest absolute Gasteiger partial charge is 0.176 e. The van der Waals surface area contributed by atoms with E-state index < -0.39 is 0 Å². The van der Waals surface area contributed by atoms with Gasteiger partial charge in [-0.3, -0.25) is 0 Å². The third-order valence-corrected chi connectivity index (χ3v) is 2.40. The molecule has 1 aromatic carbocycles. The zero-order chi connectivity index (χ0) is 12.8. The van der Waals surface area contributed by atoms with E-state index in [1.807, 2.05) is 31.2 Å². The molecule has 0 saturated heterocycles. The minimum absolute atomic E-state index is 0.533. The predicted octanol–water partition coefficient (Wildman–Crippen LogP) is 0.621. The maximum Gasteiger partial charge on any atom is 0.176 e. The first kappa shape index (κ1) is 12.5. The van der Waals surface area contributed by atoms with Crippen LogP contribution in [0.25, 0.3) is 0 Å². The van der Waals surface area contributed by atoms with Crippen LogP contribution in [0.5, 0.6) is 5.75 Å². The van der Waals surface area contributed by atoms with Crippen molar-refractivity contribution in [2.24, 2.45) is 5.73 Å². The number of hydrogen-bond acceptors (Lipinski definition) is 5. The minimum atomic E-state index is 0.533. The van der Waals surface area contributed by atoms with Crippen molar-refractivity contribution >= 4 is 0 Å². The summed E-state index contributed by atoms with van der Waals surface area (Å²) in [5, 5.41) is 12.2. The summed E-state index contributed by atoms with van der Waals surface area (Å²) in [6.45, 7) is 3.74. The van der Waals surface area contributed by atoms with E-state index in [0.29, 0.717) is 31.9 Å². The Morgan fingerprint density at radius 1 is 1.39 bits per heavy atom. The molecule has 0 aliphatic heterocycles. The van der Waals surface area contributed by atoms with Crippen LogP contribution in [-0.2, 0) is 13.0 Å². The van der Waals surface area contributed by atoms with Crippen molar-refractivity contribution < 1.29 is 4.74 Å². The lowest BCUT2D eigenvalue weighted by molar-refractivity contribution is 0.339. The van der Waals surface area contributed by atoms with Gasteiger partial charge in [0.2, 0.25) is 0 Å². The highest BCUT2D eigenvalue weighted by Crippen LogP contribution is 2.13. The van der Waals surface area contributed by atoms with Crippen molar-refractivity contribution in [1.82, 2.24) is 20.2 Å². The van der Waals surface area contributed by atoms with Crippen molar-refractivity contribution in [3.8, 4) is 5.75 Å². The molecule has 2 aromatic rings. The Morgan fingerprint density at radius 2 is 2.28 bits per heavy atom.